The standard InChI is InChI=1S/C20H29NO4/c1-6-9-21(14-16-7-8-19(25-16)20(2,3)22)13-15-10-17(23-4)12-18(11-15)24-5/h7-8,10-12,22H,6,9,13-14H2,1-5H3. The molecule has 1 N–H and O–H groups in total. The summed E-state index contributed by atoms with van der Waals surface area (Å²) in [7, 11) is 3.31. The van der Waals surface area contributed by atoms with Gasteiger partial charge in [0.2, 0.25) is 0 Å². The lowest BCUT2D eigenvalue weighted by Gasteiger charge is -2.21. The molecule has 138 valence electrons. The molecule has 0 aliphatic heterocycles. The first kappa shape index (κ1) is 19.3. The van der Waals surface area contributed by atoms with Crippen molar-refractivity contribution in [3.8, 4) is 11.5 Å². The van der Waals surface area contributed by atoms with E-state index in [9.17, 15) is 5.11 Å². The molecule has 0 saturated carbocycles. The molecule has 5 heteroatoms. The highest BCUT2D eigenvalue weighted by molar-refractivity contribution is 5.38. The Morgan fingerprint density at radius 2 is 1.68 bits per heavy atom. The summed E-state index contributed by atoms with van der Waals surface area (Å²) in [5, 5.41) is 10.1. The summed E-state index contributed by atoms with van der Waals surface area (Å²) in [6.07, 6.45) is 1.04. The van der Waals surface area contributed by atoms with Crippen LogP contribution in [0.3, 0.4) is 0 Å². The number of methoxy groups -OCH3 is 2. The molecule has 0 aliphatic rings. The Morgan fingerprint density at radius 1 is 1.04 bits per heavy atom. The van der Waals surface area contributed by atoms with Gasteiger partial charge in [-0.3, -0.25) is 4.90 Å². The predicted molar refractivity (Wildman–Crippen MR) is 97.9 cm³/mol. The van der Waals surface area contributed by atoms with Gasteiger partial charge < -0.3 is 19.0 Å². The average molecular weight is 347 g/mol. The minimum Gasteiger partial charge on any atom is -0.497 e. The Morgan fingerprint density at radius 3 is 2.16 bits per heavy atom. The maximum Gasteiger partial charge on any atom is 0.135 e. The molecule has 0 unspecified atom stereocenters. The van der Waals surface area contributed by atoms with Gasteiger partial charge in [-0.1, -0.05) is 6.92 Å². The largest absolute Gasteiger partial charge is 0.497 e. The third-order valence-electron chi connectivity index (χ3n) is 4.00. The van der Waals surface area contributed by atoms with Crippen LogP contribution in [0.15, 0.2) is 34.7 Å². The number of hydrogen-bond donors (Lipinski definition) is 1. The van der Waals surface area contributed by atoms with Crippen molar-refractivity contribution in [1.82, 2.24) is 4.90 Å². The van der Waals surface area contributed by atoms with E-state index in [1.54, 1.807) is 28.1 Å². The number of nitrogens with zero attached hydrogens (tertiary/aromatic N) is 1. The monoisotopic (exact) mass is 347 g/mol. The van der Waals surface area contributed by atoms with Gasteiger partial charge in [-0.2, -0.15) is 0 Å². The van der Waals surface area contributed by atoms with Crippen LogP contribution in [0, 0.1) is 0 Å². The Bertz CT molecular complexity index is 650. The van der Waals surface area contributed by atoms with Crippen LogP contribution < -0.4 is 9.47 Å². The summed E-state index contributed by atoms with van der Waals surface area (Å²) in [6.45, 7) is 7.99. The number of aliphatic hydroxyl groups is 1. The maximum atomic E-state index is 10.1. The van der Waals surface area contributed by atoms with Gasteiger partial charge in [0.05, 0.1) is 20.8 Å². The lowest BCUT2D eigenvalue weighted by Crippen LogP contribution is -2.23. The number of hydrogen-bond acceptors (Lipinski definition) is 5. The molecule has 1 heterocycles. The average Bonchev–Trinajstić information content (AvgIpc) is 3.03. The molecule has 1 aromatic carbocycles. The van der Waals surface area contributed by atoms with Gasteiger partial charge in [0.15, 0.2) is 0 Å². The zero-order chi connectivity index (χ0) is 18.4. The van der Waals surface area contributed by atoms with Gasteiger partial charge in [0.25, 0.3) is 0 Å². The molecule has 25 heavy (non-hydrogen) atoms. The first-order valence-electron chi connectivity index (χ1n) is 8.61. The van der Waals surface area contributed by atoms with Crippen molar-refractivity contribution in [3.63, 3.8) is 0 Å². The molecule has 0 atom stereocenters. The summed E-state index contributed by atoms with van der Waals surface area (Å²) in [5.41, 5.74) is 0.160. The van der Waals surface area contributed by atoms with E-state index in [1.165, 1.54) is 0 Å². The molecule has 0 fully saturated rings. The third kappa shape index (κ3) is 5.51. The number of rotatable bonds is 9. The fourth-order valence-corrected chi connectivity index (χ4v) is 2.76. The number of furan rings is 1. The van der Waals surface area contributed by atoms with Crippen molar-refractivity contribution >= 4 is 0 Å². The van der Waals surface area contributed by atoms with Crippen molar-refractivity contribution in [3.05, 3.63) is 47.4 Å². The zero-order valence-corrected chi connectivity index (χ0v) is 15.8. The Labute approximate surface area is 150 Å². The summed E-state index contributed by atoms with van der Waals surface area (Å²) in [5.74, 6) is 3.00. The predicted octanol–water partition coefficient (Wildman–Crippen LogP) is 3.94. The second-order valence-electron chi connectivity index (χ2n) is 6.76. The SMILES string of the molecule is CCCN(Cc1cc(OC)cc(OC)c1)Cc1ccc(C(C)(C)O)o1. The summed E-state index contributed by atoms with van der Waals surface area (Å²) >= 11 is 0. The highest BCUT2D eigenvalue weighted by Crippen LogP contribution is 2.25. The van der Waals surface area contributed by atoms with Crippen LogP contribution >= 0.6 is 0 Å². The molecule has 2 rings (SSSR count). The van der Waals surface area contributed by atoms with Crippen LogP contribution in [-0.2, 0) is 18.7 Å². The Balaban J connectivity index is 2.14. The third-order valence-corrected chi connectivity index (χ3v) is 4.00. The normalized spacial score (nSPS) is 11.8. The fraction of sp³-hybridized carbons (Fsp3) is 0.500. The topological polar surface area (TPSA) is 55.1 Å². The van der Waals surface area contributed by atoms with Gasteiger partial charge in [0, 0.05) is 12.6 Å². The molecule has 1 aromatic heterocycles. The van der Waals surface area contributed by atoms with E-state index in [4.69, 9.17) is 13.9 Å². The first-order valence-corrected chi connectivity index (χ1v) is 8.61. The lowest BCUT2D eigenvalue weighted by atomic mass is 10.1. The fourth-order valence-electron chi connectivity index (χ4n) is 2.76. The maximum absolute atomic E-state index is 10.1. The molecule has 2 aromatic rings. The lowest BCUT2D eigenvalue weighted by molar-refractivity contribution is 0.0516. The summed E-state index contributed by atoms with van der Waals surface area (Å²) < 4.78 is 16.5. The van der Waals surface area contributed by atoms with Crippen molar-refractivity contribution < 1.29 is 19.0 Å². The van der Waals surface area contributed by atoms with Gasteiger partial charge >= 0.3 is 0 Å². The zero-order valence-electron chi connectivity index (χ0n) is 15.8. The minimum atomic E-state index is -0.964. The first-order chi connectivity index (χ1) is 11.9. The molecule has 0 bridgehead atoms. The highest BCUT2D eigenvalue weighted by Gasteiger charge is 2.21. The van der Waals surface area contributed by atoms with E-state index in [1.807, 2.05) is 30.3 Å². The van der Waals surface area contributed by atoms with E-state index >= 15 is 0 Å². The van der Waals surface area contributed by atoms with Crippen LogP contribution in [0.1, 0.15) is 44.3 Å². The van der Waals surface area contributed by atoms with Gasteiger partial charge in [-0.25, -0.2) is 0 Å². The Hall–Kier alpha value is -1.98. The molecule has 0 radical (unpaired) electrons. The molecule has 0 aliphatic carbocycles. The van der Waals surface area contributed by atoms with Crippen LogP contribution in [0.4, 0.5) is 0 Å². The van der Waals surface area contributed by atoms with E-state index < -0.39 is 5.60 Å². The molecule has 0 spiro atoms. The van der Waals surface area contributed by atoms with Crippen molar-refractivity contribution in [2.75, 3.05) is 20.8 Å². The summed E-state index contributed by atoms with van der Waals surface area (Å²) in [4.78, 5) is 2.31. The van der Waals surface area contributed by atoms with Gasteiger partial charge in [0.1, 0.15) is 28.6 Å². The minimum absolute atomic E-state index is 0.585. The van der Waals surface area contributed by atoms with Crippen LogP contribution in [0.2, 0.25) is 0 Å². The van der Waals surface area contributed by atoms with E-state index in [2.05, 4.69) is 11.8 Å². The van der Waals surface area contributed by atoms with Gasteiger partial charge in [-0.05, 0) is 56.6 Å². The smallest absolute Gasteiger partial charge is 0.135 e. The molecule has 0 saturated heterocycles. The second-order valence-corrected chi connectivity index (χ2v) is 6.76. The van der Waals surface area contributed by atoms with E-state index in [-0.39, 0.29) is 0 Å². The van der Waals surface area contributed by atoms with Crippen LogP contribution in [-0.4, -0.2) is 30.8 Å². The van der Waals surface area contributed by atoms with Crippen molar-refractivity contribution in [2.24, 2.45) is 0 Å². The molecular weight excluding hydrogens is 318 g/mol. The Kier molecular flexibility index (Phi) is 6.51. The number of benzene rings is 1. The van der Waals surface area contributed by atoms with Crippen molar-refractivity contribution in [1.29, 1.82) is 0 Å². The molecule has 0 amide bonds. The number of ether oxygens (including phenoxy) is 2. The van der Waals surface area contributed by atoms with Crippen LogP contribution in [0.25, 0.3) is 0 Å². The van der Waals surface area contributed by atoms with E-state index in [0.717, 1.165) is 42.3 Å². The van der Waals surface area contributed by atoms with E-state index in [0.29, 0.717) is 12.3 Å². The highest BCUT2D eigenvalue weighted by atomic mass is 16.5. The summed E-state index contributed by atoms with van der Waals surface area (Å²) in [6, 6.07) is 9.69. The van der Waals surface area contributed by atoms with Crippen LogP contribution in [0.5, 0.6) is 11.5 Å². The van der Waals surface area contributed by atoms with Gasteiger partial charge in [-0.15, -0.1) is 0 Å². The molecule has 5 nitrogen and oxygen atoms in total. The quantitative estimate of drug-likeness (QED) is 0.745. The second kappa shape index (κ2) is 8.41. The molecular formula is C20H29NO4. The van der Waals surface area contributed by atoms with Crippen molar-refractivity contribution in [2.45, 2.75) is 45.9 Å².